The van der Waals surface area contributed by atoms with Crippen molar-refractivity contribution >= 4 is 39.2 Å². The van der Waals surface area contributed by atoms with Crippen molar-refractivity contribution in [2.24, 2.45) is 0 Å². The molecule has 0 spiro atoms. The van der Waals surface area contributed by atoms with Gasteiger partial charge in [0.25, 0.3) is 5.91 Å². The number of likely N-dealkylation sites (tertiary alicyclic amines) is 1. The van der Waals surface area contributed by atoms with E-state index < -0.39 is 0 Å². The van der Waals surface area contributed by atoms with Gasteiger partial charge in [-0.3, -0.25) is 14.5 Å². The molecule has 214 valence electrons. The van der Waals surface area contributed by atoms with Crippen LogP contribution in [0.15, 0.2) is 89.3 Å². The molecule has 0 saturated carbocycles. The fourth-order valence-corrected chi connectivity index (χ4v) is 6.16. The first kappa shape index (κ1) is 27.7. The number of nitrogens with zero attached hydrogens (tertiary/aromatic N) is 1. The molecule has 5 aromatic rings. The van der Waals surface area contributed by atoms with Crippen LogP contribution in [0.3, 0.4) is 0 Å². The first-order valence-electron chi connectivity index (χ1n) is 14.8. The van der Waals surface area contributed by atoms with Gasteiger partial charge in [-0.25, -0.2) is 0 Å². The molecule has 0 radical (unpaired) electrons. The molecule has 1 aliphatic heterocycles. The van der Waals surface area contributed by atoms with Crippen LogP contribution in [0.1, 0.15) is 54.3 Å². The van der Waals surface area contributed by atoms with Crippen LogP contribution < -0.4 is 10.6 Å². The Morgan fingerprint density at radius 2 is 1.67 bits per heavy atom. The molecule has 1 aromatic heterocycles. The van der Waals surface area contributed by atoms with E-state index in [0.717, 1.165) is 64.5 Å². The van der Waals surface area contributed by atoms with E-state index in [9.17, 15) is 9.59 Å². The number of hydrogen-bond donors (Lipinski definition) is 2. The third-order valence-corrected chi connectivity index (χ3v) is 8.50. The van der Waals surface area contributed by atoms with E-state index in [4.69, 9.17) is 4.42 Å². The second-order valence-electron chi connectivity index (χ2n) is 11.5. The van der Waals surface area contributed by atoms with E-state index in [2.05, 4.69) is 84.0 Å². The Morgan fingerprint density at radius 3 is 2.40 bits per heavy atom. The largest absolute Gasteiger partial charge is 0.450 e. The Hall–Kier alpha value is -4.42. The summed E-state index contributed by atoms with van der Waals surface area (Å²) in [6.45, 7) is 8.26. The molecule has 1 unspecified atom stereocenters. The third kappa shape index (κ3) is 5.81. The number of rotatable bonds is 7. The maximum absolute atomic E-state index is 13.2. The summed E-state index contributed by atoms with van der Waals surface area (Å²) < 4.78 is 6.18. The minimum absolute atomic E-state index is 0.0548. The van der Waals surface area contributed by atoms with Crippen LogP contribution in [0.4, 0.5) is 5.69 Å². The minimum atomic E-state index is -0.191. The van der Waals surface area contributed by atoms with E-state index >= 15 is 0 Å². The van der Waals surface area contributed by atoms with Gasteiger partial charge in [0.1, 0.15) is 5.58 Å². The monoisotopic (exact) mass is 559 g/mol. The van der Waals surface area contributed by atoms with Crippen molar-refractivity contribution in [1.82, 2.24) is 10.2 Å². The van der Waals surface area contributed by atoms with Crippen molar-refractivity contribution in [3.05, 3.63) is 102 Å². The first-order valence-corrected chi connectivity index (χ1v) is 14.8. The van der Waals surface area contributed by atoms with Crippen LogP contribution in [-0.2, 0) is 4.79 Å². The topological polar surface area (TPSA) is 74.6 Å². The predicted molar refractivity (Wildman–Crippen MR) is 170 cm³/mol. The van der Waals surface area contributed by atoms with Crippen molar-refractivity contribution in [2.45, 2.75) is 45.6 Å². The van der Waals surface area contributed by atoms with Gasteiger partial charge in [-0.2, -0.15) is 0 Å². The number of nitrogens with one attached hydrogen (secondary N) is 2. The van der Waals surface area contributed by atoms with Crippen LogP contribution in [0.5, 0.6) is 0 Å². The Bertz CT molecular complexity index is 1750. The molecule has 1 saturated heterocycles. The van der Waals surface area contributed by atoms with Crippen LogP contribution in [-0.4, -0.2) is 42.4 Å². The van der Waals surface area contributed by atoms with Gasteiger partial charge < -0.3 is 15.1 Å². The summed E-state index contributed by atoms with van der Waals surface area (Å²) in [5.74, 6) is 0.553. The van der Waals surface area contributed by atoms with Gasteiger partial charge in [-0.15, -0.1) is 0 Å². The van der Waals surface area contributed by atoms with Gasteiger partial charge in [-0.05, 0) is 92.0 Å². The standard InChI is InChI=1S/C36H37N3O3/c1-23-11-13-27(14-12-23)33-20-29-21-34(42-35(29)32-10-5-4-9-31(32)33)36(41)37-22-24(2)39-17-15-26(16-18-39)28-7-6-8-30(19-28)38-25(3)40/h4-14,19-21,24,26H,15-18,22H2,1-3H3,(H,37,41)(H,38,40). The number of anilines is 1. The summed E-state index contributed by atoms with van der Waals surface area (Å²) in [5, 5.41) is 9.03. The summed E-state index contributed by atoms with van der Waals surface area (Å²) in [6.07, 6.45) is 2.09. The summed E-state index contributed by atoms with van der Waals surface area (Å²) in [7, 11) is 0. The van der Waals surface area contributed by atoms with Crippen molar-refractivity contribution < 1.29 is 14.0 Å². The van der Waals surface area contributed by atoms with Gasteiger partial charge in [-0.1, -0.05) is 66.2 Å². The van der Waals surface area contributed by atoms with Gasteiger partial charge in [0.05, 0.1) is 0 Å². The smallest absolute Gasteiger partial charge is 0.287 e. The summed E-state index contributed by atoms with van der Waals surface area (Å²) in [5.41, 5.74) is 6.35. The van der Waals surface area contributed by atoms with Crippen molar-refractivity contribution in [2.75, 3.05) is 25.0 Å². The van der Waals surface area contributed by atoms with Crippen LogP contribution >= 0.6 is 0 Å². The lowest BCUT2D eigenvalue weighted by Crippen LogP contribution is -2.45. The van der Waals surface area contributed by atoms with E-state index in [1.807, 2.05) is 30.3 Å². The number of fused-ring (bicyclic) bond motifs is 3. The van der Waals surface area contributed by atoms with Gasteiger partial charge >= 0.3 is 0 Å². The molecular weight excluding hydrogens is 522 g/mol. The Balaban J connectivity index is 1.11. The molecule has 2 N–H and O–H groups in total. The molecule has 0 aliphatic carbocycles. The highest BCUT2D eigenvalue weighted by Gasteiger charge is 2.25. The molecule has 0 bridgehead atoms. The third-order valence-electron chi connectivity index (χ3n) is 8.50. The zero-order valence-corrected chi connectivity index (χ0v) is 24.4. The molecule has 6 nitrogen and oxygen atoms in total. The van der Waals surface area contributed by atoms with E-state index in [0.29, 0.717) is 18.2 Å². The average Bonchev–Trinajstić information content (AvgIpc) is 3.44. The predicted octanol–water partition coefficient (Wildman–Crippen LogP) is 7.52. The highest BCUT2D eigenvalue weighted by atomic mass is 16.3. The fourth-order valence-electron chi connectivity index (χ4n) is 6.16. The van der Waals surface area contributed by atoms with E-state index in [1.165, 1.54) is 18.1 Å². The SMILES string of the molecule is CC(=O)Nc1cccc(C2CCN(C(C)CNC(=O)c3cc4cc(-c5ccc(C)cc5)c5ccccc5c4o3)CC2)c1. The minimum Gasteiger partial charge on any atom is -0.450 e. The summed E-state index contributed by atoms with van der Waals surface area (Å²) >= 11 is 0. The number of aryl methyl sites for hydroxylation is 1. The van der Waals surface area contributed by atoms with Crippen molar-refractivity contribution in [3.8, 4) is 11.1 Å². The van der Waals surface area contributed by atoms with Crippen LogP contribution in [0.25, 0.3) is 32.9 Å². The average molecular weight is 560 g/mol. The molecular formula is C36H37N3O3. The lowest BCUT2D eigenvalue weighted by Gasteiger charge is -2.36. The van der Waals surface area contributed by atoms with E-state index in [-0.39, 0.29) is 17.9 Å². The number of carbonyl (C=O) groups excluding carboxylic acids is 2. The Kier molecular flexibility index (Phi) is 7.81. The fraction of sp³-hybridized carbons (Fsp3) is 0.278. The molecule has 6 rings (SSSR count). The number of furan rings is 1. The molecule has 2 amide bonds. The summed E-state index contributed by atoms with van der Waals surface area (Å²) in [4.78, 5) is 27.1. The molecule has 6 heteroatoms. The van der Waals surface area contributed by atoms with Gasteiger partial charge in [0, 0.05) is 36.0 Å². The Labute approximate surface area is 246 Å². The second kappa shape index (κ2) is 11.8. The van der Waals surface area contributed by atoms with Gasteiger partial charge in [0.2, 0.25) is 5.91 Å². The maximum atomic E-state index is 13.2. The maximum Gasteiger partial charge on any atom is 0.287 e. The lowest BCUT2D eigenvalue weighted by atomic mass is 9.88. The number of carbonyl (C=O) groups is 2. The highest BCUT2D eigenvalue weighted by molar-refractivity contribution is 6.13. The number of benzene rings is 4. The number of piperidine rings is 1. The number of amides is 2. The molecule has 4 aromatic carbocycles. The van der Waals surface area contributed by atoms with Crippen molar-refractivity contribution in [3.63, 3.8) is 0 Å². The normalized spacial score (nSPS) is 15.1. The first-order chi connectivity index (χ1) is 20.4. The zero-order valence-electron chi connectivity index (χ0n) is 24.4. The van der Waals surface area contributed by atoms with Crippen LogP contribution in [0.2, 0.25) is 0 Å². The second-order valence-corrected chi connectivity index (χ2v) is 11.5. The van der Waals surface area contributed by atoms with E-state index in [1.54, 1.807) is 0 Å². The van der Waals surface area contributed by atoms with Crippen LogP contribution in [0, 0.1) is 6.92 Å². The molecule has 42 heavy (non-hydrogen) atoms. The molecule has 2 heterocycles. The van der Waals surface area contributed by atoms with Gasteiger partial charge in [0.15, 0.2) is 5.76 Å². The van der Waals surface area contributed by atoms with Crippen molar-refractivity contribution in [1.29, 1.82) is 0 Å². The molecule has 1 aliphatic rings. The highest BCUT2D eigenvalue weighted by Crippen LogP contribution is 2.36. The lowest BCUT2D eigenvalue weighted by molar-refractivity contribution is -0.114. The summed E-state index contributed by atoms with van der Waals surface area (Å²) in [6, 6.07) is 29.1. The Morgan fingerprint density at radius 1 is 0.929 bits per heavy atom. The molecule has 1 fully saturated rings. The zero-order chi connectivity index (χ0) is 29.2. The quantitative estimate of drug-likeness (QED) is 0.216. The number of hydrogen-bond acceptors (Lipinski definition) is 4. The molecule has 1 atom stereocenters.